The van der Waals surface area contributed by atoms with Crippen LogP contribution in [0.4, 0.5) is 0 Å². The predicted molar refractivity (Wildman–Crippen MR) is 74.1 cm³/mol. The van der Waals surface area contributed by atoms with Crippen molar-refractivity contribution in [1.29, 1.82) is 0 Å². The molecule has 2 heteroatoms. The van der Waals surface area contributed by atoms with Gasteiger partial charge in [0.25, 0.3) is 5.91 Å². The van der Waals surface area contributed by atoms with Crippen molar-refractivity contribution >= 4 is 12.0 Å². The summed E-state index contributed by atoms with van der Waals surface area (Å²) in [4.78, 5) is 11.9. The van der Waals surface area contributed by atoms with E-state index in [4.69, 9.17) is 0 Å². The van der Waals surface area contributed by atoms with Crippen molar-refractivity contribution in [2.24, 2.45) is 0 Å². The van der Waals surface area contributed by atoms with Crippen LogP contribution in [-0.4, -0.2) is 5.91 Å². The highest BCUT2D eigenvalue weighted by atomic mass is 16.1. The molecular formula is C16H15NO. The molecule has 0 unspecified atom stereocenters. The fourth-order valence-electron chi connectivity index (χ4n) is 1.65. The minimum absolute atomic E-state index is 0.0607. The number of benzene rings is 2. The van der Waals surface area contributed by atoms with Gasteiger partial charge in [0.15, 0.2) is 0 Å². The SMILES string of the molecule is C=Cc1ccc(C(=O)NCc2ccccc2)cc1. The lowest BCUT2D eigenvalue weighted by Crippen LogP contribution is -2.22. The molecule has 2 nitrogen and oxygen atoms in total. The van der Waals surface area contributed by atoms with Crippen LogP contribution in [0.1, 0.15) is 21.5 Å². The Morgan fingerprint density at radius 1 is 1.06 bits per heavy atom. The zero-order valence-corrected chi connectivity index (χ0v) is 10.1. The molecule has 1 N–H and O–H groups in total. The highest BCUT2D eigenvalue weighted by molar-refractivity contribution is 5.94. The first kappa shape index (κ1) is 12.1. The fourth-order valence-corrected chi connectivity index (χ4v) is 1.65. The third-order valence-electron chi connectivity index (χ3n) is 2.70. The molecule has 0 aliphatic heterocycles. The lowest BCUT2D eigenvalue weighted by Gasteiger charge is -2.05. The molecule has 0 spiro atoms. The van der Waals surface area contributed by atoms with Gasteiger partial charge in [0, 0.05) is 12.1 Å². The Balaban J connectivity index is 1.97. The molecule has 0 aliphatic rings. The van der Waals surface area contributed by atoms with Gasteiger partial charge in [-0.2, -0.15) is 0 Å². The van der Waals surface area contributed by atoms with E-state index in [1.54, 1.807) is 18.2 Å². The molecule has 0 aromatic heterocycles. The maximum Gasteiger partial charge on any atom is 0.251 e. The zero-order valence-electron chi connectivity index (χ0n) is 10.1. The molecule has 0 aliphatic carbocycles. The average molecular weight is 237 g/mol. The van der Waals surface area contributed by atoms with E-state index in [0.29, 0.717) is 12.1 Å². The molecule has 2 rings (SSSR count). The Morgan fingerprint density at radius 3 is 2.33 bits per heavy atom. The van der Waals surface area contributed by atoms with E-state index in [-0.39, 0.29) is 5.91 Å². The molecule has 0 saturated carbocycles. The summed E-state index contributed by atoms with van der Waals surface area (Å²) >= 11 is 0. The van der Waals surface area contributed by atoms with Gasteiger partial charge in [-0.3, -0.25) is 4.79 Å². The van der Waals surface area contributed by atoms with Gasteiger partial charge in [0.05, 0.1) is 0 Å². The van der Waals surface area contributed by atoms with Crippen molar-refractivity contribution in [1.82, 2.24) is 5.32 Å². The van der Waals surface area contributed by atoms with Crippen LogP contribution in [0.2, 0.25) is 0 Å². The highest BCUT2D eigenvalue weighted by Crippen LogP contribution is 2.06. The van der Waals surface area contributed by atoms with Crippen LogP contribution in [0.25, 0.3) is 6.08 Å². The second-order valence-corrected chi connectivity index (χ2v) is 3.99. The molecule has 90 valence electrons. The van der Waals surface area contributed by atoms with E-state index in [2.05, 4.69) is 11.9 Å². The molecule has 0 atom stereocenters. The number of carbonyl (C=O) groups excluding carboxylic acids is 1. The molecule has 0 heterocycles. The smallest absolute Gasteiger partial charge is 0.251 e. The summed E-state index contributed by atoms with van der Waals surface area (Å²) in [5, 5.41) is 2.89. The number of hydrogen-bond donors (Lipinski definition) is 1. The maximum atomic E-state index is 11.9. The second-order valence-electron chi connectivity index (χ2n) is 3.99. The van der Waals surface area contributed by atoms with Gasteiger partial charge in [-0.05, 0) is 23.3 Å². The Kier molecular flexibility index (Phi) is 3.92. The minimum Gasteiger partial charge on any atom is -0.348 e. The van der Waals surface area contributed by atoms with Gasteiger partial charge in [-0.25, -0.2) is 0 Å². The second kappa shape index (κ2) is 5.82. The normalized spacial score (nSPS) is 9.78. The fraction of sp³-hybridized carbons (Fsp3) is 0.0625. The third-order valence-corrected chi connectivity index (χ3v) is 2.70. The molecule has 2 aromatic carbocycles. The van der Waals surface area contributed by atoms with Crippen molar-refractivity contribution in [3.63, 3.8) is 0 Å². The van der Waals surface area contributed by atoms with Crippen LogP contribution in [0, 0.1) is 0 Å². The van der Waals surface area contributed by atoms with E-state index in [1.807, 2.05) is 42.5 Å². The lowest BCUT2D eigenvalue weighted by molar-refractivity contribution is 0.0951. The number of rotatable bonds is 4. The topological polar surface area (TPSA) is 29.1 Å². The van der Waals surface area contributed by atoms with Crippen LogP contribution in [0.3, 0.4) is 0 Å². The maximum absolute atomic E-state index is 11.9. The van der Waals surface area contributed by atoms with E-state index >= 15 is 0 Å². The summed E-state index contributed by atoms with van der Waals surface area (Å²) in [5.74, 6) is -0.0607. The first-order valence-electron chi connectivity index (χ1n) is 5.84. The van der Waals surface area contributed by atoms with E-state index < -0.39 is 0 Å². The van der Waals surface area contributed by atoms with Crippen LogP contribution in [0.15, 0.2) is 61.2 Å². The first-order valence-corrected chi connectivity index (χ1v) is 5.84. The van der Waals surface area contributed by atoms with Crippen molar-refractivity contribution in [3.8, 4) is 0 Å². The lowest BCUT2D eigenvalue weighted by atomic mass is 10.1. The standard InChI is InChI=1S/C16H15NO/c1-2-13-8-10-15(11-9-13)16(18)17-12-14-6-4-3-5-7-14/h2-11H,1,12H2,(H,17,18). The van der Waals surface area contributed by atoms with Gasteiger partial charge in [-0.1, -0.05) is 55.1 Å². The van der Waals surface area contributed by atoms with Gasteiger partial charge in [0.2, 0.25) is 0 Å². The number of amides is 1. The van der Waals surface area contributed by atoms with Gasteiger partial charge in [-0.15, -0.1) is 0 Å². The van der Waals surface area contributed by atoms with Crippen molar-refractivity contribution < 1.29 is 4.79 Å². The van der Waals surface area contributed by atoms with Crippen LogP contribution >= 0.6 is 0 Å². The molecular weight excluding hydrogens is 222 g/mol. The quantitative estimate of drug-likeness (QED) is 0.868. The summed E-state index contributed by atoms with van der Waals surface area (Å²) < 4.78 is 0. The number of hydrogen-bond acceptors (Lipinski definition) is 1. The first-order chi connectivity index (χ1) is 8.79. The van der Waals surface area contributed by atoms with Gasteiger partial charge < -0.3 is 5.32 Å². The monoisotopic (exact) mass is 237 g/mol. The van der Waals surface area contributed by atoms with Crippen LogP contribution < -0.4 is 5.32 Å². The Bertz CT molecular complexity index is 529. The minimum atomic E-state index is -0.0607. The number of carbonyl (C=O) groups is 1. The van der Waals surface area contributed by atoms with E-state index in [9.17, 15) is 4.79 Å². The van der Waals surface area contributed by atoms with Crippen LogP contribution in [-0.2, 0) is 6.54 Å². The van der Waals surface area contributed by atoms with Gasteiger partial charge in [0.1, 0.15) is 0 Å². The summed E-state index contributed by atoms with van der Waals surface area (Å²) in [6.45, 7) is 4.23. The van der Waals surface area contributed by atoms with Crippen molar-refractivity contribution in [3.05, 3.63) is 77.9 Å². The molecule has 0 radical (unpaired) electrons. The molecule has 1 amide bonds. The summed E-state index contributed by atoms with van der Waals surface area (Å²) in [6, 6.07) is 17.2. The van der Waals surface area contributed by atoms with Crippen molar-refractivity contribution in [2.45, 2.75) is 6.54 Å². The van der Waals surface area contributed by atoms with E-state index in [0.717, 1.165) is 11.1 Å². The third kappa shape index (κ3) is 3.08. The number of nitrogens with one attached hydrogen (secondary N) is 1. The van der Waals surface area contributed by atoms with Gasteiger partial charge >= 0.3 is 0 Å². The Hall–Kier alpha value is -2.35. The molecule has 2 aromatic rings. The predicted octanol–water partition coefficient (Wildman–Crippen LogP) is 3.26. The Labute approximate surface area is 107 Å². The molecule has 18 heavy (non-hydrogen) atoms. The zero-order chi connectivity index (χ0) is 12.8. The van der Waals surface area contributed by atoms with Crippen LogP contribution in [0.5, 0.6) is 0 Å². The summed E-state index contributed by atoms with van der Waals surface area (Å²) in [6.07, 6.45) is 1.76. The van der Waals surface area contributed by atoms with Crippen molar-refractivity contribution in [2.75, 3.05) is 0 Å². The molecule has 0 bridgehead atoms. The summed E-state index contributed by atoms with van der Waals surface area (Å²) in [7, 11) is 0. The molecule has 0 saturated heterocycles. The average Bonchev–Trinajstić information content (AvgIpc) is 2.46. The van der Waals surface area contributed by atoms with E-state index in [1.165, 1.54) is 0 Å². The highest BCUT2D eigenvalue weighted by Gasteiger charge is 2.04. The molecule has 0 fully saturated rings. The summed E-state index contributed by atoms with van der Waals surface area (Å²) in [5.41, 5.74) is 2.76. The Morgan fingerprint density at radius 2 is 1.72 bits per heavy atom. The largest absolute Gasteiger partial charge is 0.348 e.